The Morgan fingerprint density at radius 3 is 3.05 bits per heavy atom. The largest absolute Gasteiger partial charge is 0.394 e. The van der Waals surface area contributed by atoms with Crippen LogP contribution in [-0.4, -0.2) is 35.3 Å². The Bertz CT molecular complexity index is 501. The third-order valence-electron chi connectivity index (χ3n) is 2.92. The van der Waals surface area contributed by atoms with Gasteiger partial charge in [-0.3, -0.25) is 9.59 Å². The van der Waals surface area contributed by atoms with E-state index >= 15 is 0 Å². The van der Waals surface area contributed by atoms with E-state index < -0.39 is 0 Å². The van der Waals surface area contributed by atoms with E-state index in [0.717, 1.165) is 4.90 Å². The van der Waals surface area contributed by atoms with Crippen LogP contribution >= 0.6 is 11.8 Å². The standard InChI is InChI=1S/C13H16N2O3S/c1-2-9(6-16)14-13(18)8-3-4-11-10(5-8)15-12(17)7-19-11/h3-5,9,16H,2,6-7H2,1H3,(H,14,18)(H,15,17). The predicted molar refractivity (Wildman–Crippen MR) is 74.4 cm³/mol. The minimum absolute atomic E-state index is 0.0585. The number of hydrogen-bond donors (Lipinski definition) is 3. The van der Waals surface area contributed by atoms with Crippen LogP contribution in [0.25, 0.3) is 0 Å². The monoisotopic (exact) mass is 280 g/mol. The number of fused-ring (bicyclic) bond motifs is 1. The maximum absolute atomic E-state index is 12.0. The minimum atomic E-state index is -0.243. The zero-order valence-corrected chi connectivity index (χ0v) is 11.4. The third kappa shape index (κ3) is 3.27. The zero-order valence-electron chi connectivity index (χ0n) is 10.6. The molecular formula is C13H16N2O3S. The number of rotatable bonds is 4. The highest BCUT2D eigenvalue weighted by atomic mass is 32.2. The number of thioether (sulfide) groups is 1. The molecule has 102 valence electrons. The Hall–Kier alpha value is -1.53. The fourth-order valence-electron chi connectivity index (χ4n) is 1.77. The van der Waals surface area contributed by atoms with E-state index in [0.29, 0.717) is 23.4 Å². The number of aliphatic hydroxyl groups excluding tert-OH is 1. The van der Waals surface area contributed by atoms with E-state index in [-0.39, 0.29) is 24.5 Å². The summed E-state index contributed by atoms with van der Waals surface area (Å²) in [5.41, 5.74) is 1.15. The zero-order chi connectivity index (χ0) is 13.8. The van der Waals surface area contributed by atoms with Crippen molar-refractivity contribution in [2.24, 2.45) is 0 Å². The van der Waals surface area contributed by atoms with E-state index in [1.54, 1.807) is 12.1 Å². The molecule has 5 nitrogen and oxygen atoms in total. The fraction of sp³-hybridized carbons (Fsp3) is 0.385. The number of anilines is 1. The predicted octanol–water partition coefficient (Wildman–Crippen LogP) is 1.23. The van der Waals surface area contributed by atoms with Crippen molar-refractivity contribution in [3.8, 4) is 0 Å². The molecule has 2 rings (SSSR count). The number of aliphatic hydroxyl groups is 1. The summed E-state index contributed by atoms with van der Waals surface area (Å²) in [5.74, 6) is 0.103. The first-order valence-electron chi connectivity index (χ1n) is 6.12. The van der Waals surface area contributed by atoms with Crippen molar-refractivity contribution in [1.29, 1.82) is 0 Å². The molecule has 2 amide bonds. The smallest absolute Gasteiger partial charge is 0.251 e. The summed E-state index contributed by atoms with van der Waals surface area (Å²) < 4.78 is 0. The molecular weight excluding hydrogens is 264 g/mol. The maximum atomic E-state index is 12.0. The fourth-order valence-corrected chi connectivity index (χ4v) is 2.56. The highest BCUT2D eigenvalue weighted by molar-refractivity contribution is 8.00. The molecule has 0 saturated heterocycles. The van der Waals surface area contributed by atoms with Gasteiger partial charge in [-0.2, -0.15) is 0 Å². The Morgan fingerprint density at radius 2 is 2.37 bits per heavy atom. The number of hydrogen-bond acceptors (Lipinski definition) is 4. The molecule has 1 aliphatic rings. The van der Waals surface area contributed by atoms with Gasteiger partial charge in [0.15, 0.2) is 0 Å². The van der Waals surface area contributed by atoms with Gasteiger partial charge >= 0.3 is 0 Å². The van der Waals surface area contributed by atoms with Crippen LogP contribution in [0, 0.1) is 0 Å². The lowest BCUT2D eigenvalue weighted by Gasteiger charge is -2.18. The van der Waals surface area contributed by atoms with Crippen LogP contribution in [0.4, 0.5) is 5.69 Å². The average molecular weight is 280 g/mol. The van der Waals surface area contributed by atoms with Gasteiger partial charge < -0.3 is 15.7 Å². The number of nitrogens with one attached hydrogen (secondary N) is 2. The van der Waals surface area contributed by atoms with Crippen molar-refractivity contribution in [3.63, 3.8) is 0 Å². The third-order valence-corrected chi connectivity index (χ3v) is 4.00. The van der Waals surface area contributed by atoms with E-state index in [9.17, 15) is 9.59 Å². The molecule has 19 heavy (non-hydrogen) atoms. The Balaban J connectivity index is 2.15. The van der Waals surface area contributed by atoms with Gasteiger partial charge in [-0.15, -0.1) is 11.8 Å². The van der Waals surface area contributed by atoms with Crippen LogP contribution in [0.1, 0.15) is 23.7 Å². The van der Waals surface area contributed by atoms with Gasteiger partial charge in [0.1, 0.15) is 0 Å². The molecule has 6 heteroatoms. The van der Waals surface area contributed by atoms with Crippen LogP contribution in [0.3, 0.4) is 0 Å². The number of carbonyl (C=O) groups excluding carboxylic acids is 2. The highest BCUT2D eigenvalue weighted by Gasteiger charge is 2.18. The van der Waals surface area contributed by atoms with Gasteiger partial charge in [-0.25, -0.2) is 0 Å². The normalized spacial score (nSPS) is 15.4. The summed E-state index contributed by atoms with van der Waals surface area (Å²) >= 11 is 1.46. The number of amides is 2. The first-order valence-corrected chi connectivity index (χ1v) is 7.11. The first kappa shape index (κ1) is 13.9. The Morgan fingerprint density at radius 1 is 1.58 bits per heavy atom. The molecule has 0 saturated carbocycles. The lowest BCUT2D eigenvalue weighted by atomic mass is 10.1. The van der Waals surface area contributed by atoms with Crippen molar-refractivity contribution in [2.75, 3.05) is 17.7 Å². The van der Waals surface area contributed by atoms with Gasteiger partial charge in [0.2, 0.25) is 5.91 Å². The maximum Gasteiger partial charge on any atom is 0.251 e. The second kappa shape index (κ2) is 6.08. The van der Waals surface area contributed by atoms with Crippen LogP contribution in [-0.2, 0) is 4.79 Å². The van der Waals surface area contributed by atoms with E-state index in [1.165, 1.54) is 11.8 Å². The van der Waals surface area contributed by atoms with Gasteiger partial charge in [-0.05, 0) is 24.6 Å². The van der Waals surface area contributed by atoms with E-state index in [4.69, 9.17) is 5.11 Å². The summed E-state index contributed by atoms with van der Waals surface area (Å²) in [4.78, 5) is 24.3. The topological polar surface area (TPSA) is 78.4 Å². The molecule has 1 aromatic carbocycles. The van der Waals surface area contributed by atoms with E-state index in [1.807, 2.05) is 13.0 Å². The average Bonchev–Trinajstić information content (AvgIpc) is 2.43. The molecule has 0 fully saturated rings. The summed E-state index contributed by atoms with van der Waals surface area (Å²) in [6.45, 7) is 1.81. The Kier molecular flexibility index (Phi) is 4.44. The second-order valence-corrected chi connectivity index (χ2v) is 5.33. The van der Waals surface area contributed by atoms with Crippen LogP contribution in [0.15, 0.2) is 23.1 Å². The van der Waals surface area contributed by atoms with Crippen LogP contribution < -0.4 is 10.6 Å². The molecule has 0 radical (unpaired) electrons. The molecule has 0 aromatic heterocycles. The van der Waals surface area contributed by atoms with Gasteiger partial charge in [0.25, 0.3) is 5.91 Å². The minimum Gasteiger partial charge on any atom is -0.394 e. The molecule has 1 heterocycles. The van der Waals surface area contributed by atoms with Crippen LogP contribution in [0.2, 0.25) is 0 Å². The van der Waals surface area contributed by atoms with Gasteiger partial charge in [0.05, 0.1) is 24.1 Å². The van der Waals surface area contributed by atoms with Gasteiger partial charge in [0, 0.05) is 10.5 Å². The quantitative estimate of drug-likeness (QED) is 0.775. The summed E-state index contributed by atoms with van der Waals surface area (Å²) in [7, 11) is 0. The number of benzene rings is 1. The molecule has 1 unspecified atom stereocenters. The summed E-state index contributed by atoms with van der Waals surface area (Å²) in [6, 6.07) is 4.98. The Labute approximate surface area is 115 Å². The van der Waals surface area contributed by atoms with Crippen LogP contribution in [0.5, 0.6) is 0 Å². The van der Waals surface area contributed by atoms with Gasteiger partial charge in [-0.1, -0.05) is 6.92 Å². The lowest BCUT2D eigenvalue weighted by Crippen LogP contribution is -2.37. The van der Waals surface area contributed by atoms with Crippen molar-refractivity contribution in [1.82, 2.24) is 5.32 Å². The summed E-state index contributed by atoms with van der Waals surface area (Å²) in [6.07, 6.45) is 0.666. The SMILES string of the molecule is CCC(CO)NC(=O)c1ccc2c(c1)NC(=O)CS2. The van der Waals surface area contributed by atoms with Crippen molar-refractivity contribution < 1.29 is 14.7 Å². The molecule has 1 aromatic rings. The highest BCUT2D eigenvalue weighted by Crippen LogP contribution is 2.31. The van der Waals surface area contributed by atoms with Crippen molar-refractivity contribution in [3.05, 3.63) is 23.8 Å². The summed E-state index contributed by atoms with van der Waals surface area (Å²) in [5, 5.41) is 14.6. The molecule has 0 bridgehead atoms. The molecule has 0 spiro atoms. The van der Waals surface area contributed by atoms with Crippen molar-refractivity contribution in [2.45, 2.75) is 24.3 Å². The molecule has 3 N–H and O–H groups in total. The lowest BCUT2D eigenvalue weighted by molar-refractivity contribution is -0.113. The number of carbonyl (C=O) groups is 2. The van der Waals surface area contributed by atoms with E-state index in [2.05, 4.69) is 10.6 Å². The molecule has 1 atom stereocenters. The molecule has 1 aliphatic heterocycles. The first-order chi connectivity index (χ1) is 9.13. The molecule has 0 aliphatic carbocycles. The van der Waals surface area contributed by atoms with Crippen molar-refractivity contribution >= 4 is 29.3 Å². The second-order valence-electron chi connectivity index (χ2n) is 4.31.